The largest absolute Gasteiger partial charge is 0.504 e. The lowest BCUT2D eigenvalue weighted by Gasteiger charge is -2.04. The molecule has 18 heavy (non-hydrogen) atoms. The van der Waals surface area contributed by atoms with Crippen LogP contribution in [0.25, 0.3) is 0 Å². The molecule has 0 aromatic carbocycles. The number of aryl methyl sites for hydroxylation is 1. The normalized spacial score (nSPS) is 11.8. The molecule has 0 aliphatic heterocycles. The molecule has 0 radical (unpaired) electrons. The quantitative estimate of drug-likeness (QED) is 0.944. The maximum absolute atomic E-state index is 12.3. The Morgan fingerprint density at radius 2 is 2.11 bits per heavy atom. The molecule has 0 aliphatic rings. The Hall–Kier alpha value is -1.51. The lowest BCUT2D eigenvalue weighted by Crippen LogP contribution is -2.16. The smallest absolute Gasteiger partial charge is 0.363 e. The summed E-state index contributed by atoms with van der Waals surface area (Å²) in [7, 11) is 1.75. The molecule has 0 spiro atoms. The maximum Gasteiger partial charge on any atom is 0.504 e. The molecule has 0 amide bonds. The molecule has 0 saturated heterocycles. The van der Waals surface area contributed by atoms with E-state index in [1.165, 1.54) is 0 Å². The van der Waals surface area contributed by atoms with Crippen molar-refractivity contribution in [2.75, 3.05) is 5.32 Å². The van der Waals surface area contributed by atoms with Crippen molar-refractivity contribution in [2.45, 2.75) is 12.8 Å². The fourth-order valence-corrected chi connectivity index (χ4v) is 1.87. The van der Waals surface area contributed by atoms with Gasteiger partial charge >= 0.3 is 6.30 Å². The molecule has 2 heterocycles. The fraction of sp³-hybridized carbons (Fsp3) is 0.333. The number of aromatic nitrogens is 4. The Morgan fingerprint density at radius 3 is 2.61 bits per heavy atom. The summed E-state index contributed by atoms with van der Waals surface area (Å²) < 4.78 is 39.2. The summed E-state index contributed by atoms with van der Waals surface area (Å²) in [4.78, 5) is 0. The summed E-state index contributed by atoms with van der Waals surface area (Å²) in [6.07, 6.45) is -0.646. The van der Waals surface area contributed by atoms with Gasteiger partial charge in [0.1, 0.15) is 0 Å². The summed E-state index contributed by atoms with van der Waals surface area (Å²) in [6.45, 7) is 0.214. The van der Waals surface area contributed by atoms with Crippen molar-refractivity contribution in [3.63, 3.8) is 0 Å². The highest BCUT2D eigenvalue weighted by atomic mass is 79.9. The Morgan fingerprint density at radius 1 is 1.39 bits per heavy atom. The maximum atomic E-state index is 12.3. The van der Waals surface area contributed by atoms with Gasteiger partial charge in [0.15, 0.2) is 5.82 Å². The number of hydrogen-bond acceptors (Lipinski definition) is 3. The number of alkyl halides is 3. The Labute approximate surface area is 109 Å². The molecule has 2 rings (SSSR count). The third-order valence-corrected chi connectivity index (χ3v) is 2.72. The molecule has 0 saturated carbocycles. The van der Waals surface area contributed by atoms with Gasteiger partial charge in [-0.2, -0.15) is 14.9 Å². The summed E-state index contributed by atoms with van der Waals surface area (Å²) in [6, 6.07) is 0. The van der Waals surface area contributed by atoms with Gasteiger partial charge in [0.25, 0.3) is 0 Å². The van der Waals surface area contributed by atoms with Crippen molar-refractivity contribution in [1.29, 1.82) is 0 Å². The van der Waals surface area contributed by atoms with Crippen LogP contribution in [0.15, 0.2) is 23.1 Å². The molecule has 0 atom stereocenters. The van der Waals surface area contributed by atoms with Gasteiger partial charge in [0.2, 0.25) is 0 Å². The molecule has 98 valence electrons. The Bertz CT molecular complexity index is 545. The number of nitrogens with one attached hydrogen (secondary N) is 1. The first-order valence-electron chi connectivity index (χ1n) is 4.90. The van der Waals surface area contributed by atoms with Crippen molar-refractivity contribution >= 4 is 21.7 Å². The zero-order valence-electron chi connectivity index (χ0n) is 9.24. The van der Waals surface area contributed by atoms with Crippen LogP contribution in [0.2, 0.25) is 0 Å². The van der Waals surface area contributed by atoms with Gasteiger partial charge in [-0.15, -0.1) is 13.2 Å². The third-order valence-electron chi connectivity index (χ3n) is 2.14. The standard InChI is InChI=1S/C9H9BrF3N5/c1-17-5-7(10)8(16-17)14-2-6-3-15-18(4-6)9(11,12)13/h3-5H,2H2,1H3,(H,14,16). The van der Waals surface area contributed by atoms with Crippen LogP contribution in [0.4, 0.5) is 19.0 Å². The van der Waals surface area contributed by atoms with E-state index in [9.17, 15) is 13.2 Å². The van der Waals surface area contributed by atoms with E-state index in [1.807, 2.05) is 0 Å². The van der Waals surface area contributed by atoms with Crippen molar-refractivity contribution in [3.05, 3.63) is 28.6 Å². The predicted molar refractivity (Wildman–Crippen MR) is 61.8 cm³/mol. The van der Waals surface area contributed by atoms with Crippen molar-refractivity contribution < 1.29 is 13.2 Å². The molecule has 0 unspecified atom stereocenters. The van der Waals surface area contributed by atoms with Crippen LogP contribution < -0.4 is 5.32 Å². The number of halogens is 4. The molecule has 0 bridgehead atoms. The summed E-state index contributed by atoms with van der Waals surface area (Å²) in [5, 5.41) is 10.2. The Balaban J connectivity index is 2.03. The average Bonchev–Trinajstić information content (AvgIpc) is 2.81. The van der Waals surface area contributed by atoms with Crippen LogP contribution in [0.3, 0.4) is 0 Å². The second-order valence-electron chi connectivity index (χ2n) is 3.61. The lowest BCUT2D eigenvalue weighted by atomic mass is 10.3. The predicted octanol–water partition coefficient (Wildman–Crippen LogP) is 2.47. The van der Waals surface area contributed by atoms with Crippen LogP contribution in [-0.4, -0.2) is 19.6 Å². The van der Waals surface area contributed by atoms with Crippen molar-refractivity contribution in [3.8, 4) is 0 Å². The van der Waals surface area contributed by atoms with E-state index in [-0.39, 0.29) is 11.2 Å². The van der Waals surface area contributed by atoms with Crippen LogP contribution >= 0.6 is 15.9 Å². The van der Waals surface area contributed by atoms with Crippen molar-refractivity contribution in [1.82, 2.24) is 19.6 Å². The van der Waals surface area contributed by atoms with Gasteiger partial charge in [-0.1, -0.05) is 0 Å². The van der Waals surface area contributed by atoms with E-state index >= 15 is 0 Å². The lowest BCUT2D eigenvalue weighted by molar-refractivity contribution is -0.212. The fourth-order valence-electron chi connectivity index (χ4n) is 1.36. The molecule has 9 heteroatoms. The molecule has 1 N–H and O–H groups in total. The van der Waals surface area contributed by atoms with Crippen LogP contribution in [0, 0.1) is 0 Å². The second-order valence-corrected chi connectivity index (χ2v) is 4.47. The molecule has 2 aromatic heterocycles. The van der Waals surface area contributed by atoms with Crippen LogP contribution in [-0.2, 0) is 19.9 Å². The monoisotopic (exact) mass is 323 g/mol. The van der Waals surface area contributed by atoms with Gasteiger partial charge in [-0.3, -0.25) is 4.68 Å². The Kier molecular flexibility index (Phi) is 3.33. The minimum absolute atomic E-state index is 0.0303. The summed E-state index contributed by atoms with van der Waals surface area (Å²) in [5.74, 6) is 0.567. The first-order valence-corrected chi connectivity index (χ1v) is 5.69. The van der Waals surface area contributed by atoms with E-state index in [4.69, 9.17) is 0 Å². The molecular formula is C9H9BrF3N5. The zero-order valence-corrected chi connectivity index (χ0v) is 10.8. The molecule has 0 fully saturated rings. The SMILES string of the molecule is Cn1cc(Br)c(NCc2cnn(C(F)(F)F)c2)n1. The minimum Gasteiger partial charge on any atom is -0.363 e. The van der Waals surface area contributed by atoms with Gasteiger partial charge < -0.3 is 5.32 Å². The van der Waals surface area contributed by atoms with E-state index < -0.39 is 6.30 Å². The highest BCUT2D eigenvalue weighted by Gasteiger charge is 2.31. The van der Waals surface area contributed by atoms with Gasteiger partial charge in [0.05, 0.1) is 10.7 Å². The summed E-state index contributed by atoms with van der Waals surface area (Å²) >= 11 is 3.28. The second kappa shape index (κ2) is 4.63. The number of anilines is 1. The highest BCUT2D eigenvalue weighted by molar-refractivity contribution is 9.10. The molecule has 0 aliphatic carbocycles. The summed E-state index contributed by atoms with van der Waals surface area (Å²) in [5.41, 5.74) is 0.421. The number of hydrogen-bond donors (Lipinski definition) is 1. The van der Waals surface area contributed by atoms with Crippen molar-refractivity contribution in [2.24, 2.45) is 7.05 Å². The van der Waals surface area contributed by atoms with Crippen LogP contribution in [0.5, 0.6) is 0 Å². The number of nitrogens with zero attached hydrogens (tertiary/aromatic N) is 4. The van der Waals surface area contributed by atoms with Gasteiger partial charge in [-0.05, 0) is 15.9 Å². The zero-order chi connectivity index (χ0) is 13.3. The van der Waals surface area contributed by atoms with E-state index in [2.05, 4.69) is 31.4 Å². The average molecular weight is 324 g/mol. The molecular weight excluding hydrogens is 315 g/mol. The molecule has 2 aromatic rings. The van der Waals surface area contributed by atoms with Crippen LogP contribution in [0.1, 0.15) is 5.56 Å². The topological polar surface area (TPSA) is 47.7 Å². The first-order chi connectivity index (χ1) is 8.36. The minimum atomic E-state index is -4.48. The van der Waals surface area contributed by atoms with E-state index in [0.29, 0.717) is 11.4 Å². The molecule has 5 nitrogen and oxygen atoms in total. The third kappa shape index (κ3) is 2.84. The first kappa shape index (κ1) is 12.9. The van der Waals surface area contributed by atoms with E-state index in [0.717, 1.165) is 16.9 Å². The highest BCUT2D eigenvalue weighted by Crippen LogP contribution is 2.22. The van der Waals surface area contributed by atoms with Gasteiger partial charge in [0, 0.05) is 31.5 Å². The van der Waals surface area contributed by atoms with E-state index in [1.54, 1.807) is 17.9 Å². The van der Waals surface area contributed by atoms with Gasteiger partial charge in [-0.25, -0.2) is 0 Å². The number of rotatable bonds is 3.